The number of aliphatic hydroxyl groups is 1. The molecule has 5 heteroatoms. The molecule has 0 aliphatic heterocycles. The van der Waals surface area contributed by atoms with E-state index in [4.69, 9.17) is 9.84 Å². The Kier molecular flexibility index (Phi) is 4.40. The average molecular weight is 390 g/mol. The molecule has 0 aliphatic rings. The lowest BCUT2D eigenvalue weighted by Crippen LogP contribution is -1.99. The minimum Gasteiger partial charge on any atom is -0.494 e. The first-order valence-electron chi connectivity index (χ1n) is 6.74. The van der Waals surface area contributed by atoms with Gasteiger partial charge in [0, 0.05) is 34.6 Å². The number of hydrogen-bond acceptors (Lipinski definition) is 3. The summed E-state index contributed by atoms with van der Waals surface area (Å²) < 4.78 is 8.73. The lowest BCUT2D eigenvalue weighted by atomic mass is 10.2. The quantitative estimate of drug-likeness (QED) is 0.537. The van der Waals surface area contributed by atoms with Crippen molar-refractivity contribution in [2.75, 3.05) is 13.2 Å². The van der Waals surface area contributed by atoms with E-state index >= 15 is 0 Å². The summed E-state index contributed by atoms with van der Waals surface area (Å²) in [5, 5.41) is 8.73. The van der Waals surface area contributed by atoms with Gasteiger partial charge in [-0.25, -0.2) is 4.98 Å². The van der Waals surface area contributed by atoms with Crippen LogP contribution in [0.5, 0.6) is 5.75 Å². The summed E-state index contributed by atoms with van der Waals surface area (Å²) in [6.07, 6.45) is 4.73. The van der Waals surface area contributed by atoms with Crippen LogP contribution in [0.4, 0.5) is 0 Å². The number of hydrogen-bond donors (Lipinski definition) is 1. The Hall–Kier alpha value is -1.60. The van der Waals surface area contributed by atoms with Crippen molar-refractivity contribution in [1.82, 2.24) is 9.38 Å². The minimum absolute atomic E-state index is 0.151. The van der Waals surface area contributed by atoms with Crippen LogP contribution >= 0.6 is 22.6 Å². The molecule has 0 saturated heterocycles. The molecule has 3 rings (SSSR count). The van der Waals surface area contributed by atoms with Gasteiger partial charge in [0.25, 0.3) is 0 Å². The van der Waals surface area contributed by atoms with Gasteiger partial charge in [0.1, 0.15) is 11.4 Å². The monoisotopic (exact) mass is 390 g/mol. The number of pyridine rings is 1. The second-order valence-electron chi connectivity index (χ2n) is 4.69. The van der Waals surface area contributed by atoms with Crippen LogP contribution in [0.25, 0.3) is 16.9 Å². The average Bonchev–Trinajstić information content (AvgIpc) is 2.91. The van der Waals surface area contributed by atoms with Gasteiger partial charge < -0.3 is 14.2 Å². The molecule has 3 aromatic rings. The predicted molar refractivity (Wildman–Crippen MR) is 90.5 cm³/mol. The highest BCUT2D eigenvalue weighted by Crippen LogP contribution is 2.22. The summed E-state index contributed by atoms with van der Waals surface area (Å²) in [4.78, 5) is 4.61. The summed E-state index contributed by atoms with van der Waals surface area (Å²) in [5.74, 6) is 0.811. The molecule has 4 nitrogen and oxygen atoms in total. The fraction of sp³-hybridized carbons (Fsp3) is 0.188. The number of rotatable bonds is 5. The lowest BCUT2D eigenvalue weighted by Gasteiger charge is -2.05. The van der Waals surface area contributed by atoms with E-state index in [1.54, 1.807) is 0 Å². The Labute approximate surface area is 136 Å². The maximum Gasteiger partial charge on any atom is 0.137 e. The summed E-state index contributed by atoms with van der Waals surface area (Å²) in [6.45, 7) is 0.681. The fourth-order valence-corrected chi connectivity index (χ4v) is 2.56. The van der Waals surface area contributed by atoms with Gasteiger partial charge in [-0.15, -0.1) is 0 Å². The molecule has 0 atom stereocenters. The molecule has 0 bridgehead atoms. The largest absolute Gasteiger partial charge is 0.494 e. The van der Waals surface area contributed by atoms with Crippen molar-refractivity contribution in [2.24, 2.45) is 0 Å². The number of halogens is 1. The first-order chi connectivity index (χ1) is 10.3. The van der Waals surface area contributed by atoms with Crippen LogP contribution in [-0.4, -0.2) is 27.7 Å². The third-order valence-corrected chi connectivity index (χ3v) is 3.77. The topological polar surface area (TPSA) is 46.8 Å². The number of aliphatic hydroxyl groups excluding tert-OH is 1. The molecule has 108 valence electrons. The van der Waals surface area contributed by atoms with Crippen molar-refractivity contribution in [2.45, 2.75) is 6.42 Å². The van der Waals surface area contributed by atoms with E-state index in [0.29, 0.717) is 13.0 Å². The van der Waals surface area contributed by atoms with Crippen LogP contribution in [-0.2, 0) is 0 Å². The summed E-state index contributed by atoms with van der Waals surface area (Å²) in [5.41, 5.74) is 2.94. The molecule has 0 aliphatic carbocycles. The van der Waals surface area contributed by atoms with E-state index in [1.807, 2.05) is 47.0 Å². The molecule has 0 amide bonds. The maximum absolute atomic E-state index is 8.73. The maximum atomic E-state index is 8.73. The van der Waals surface area contributed by atoms with Gasteiger partial charge in [-0.1, -0.05) is 0 Å². The molecule has 0 saturated carbocycles. The van der Waals surface area contributed by atoms with E-state index in [0.717, 1.165) is 22.7 Å². The van der Waals surface area contributed by atoms with Gasteiger partial charge in [0.05, 0.1) is 12.3 Å². The number of benzene rings is 1. The van der Waals surface area contributed by atoms with E-state index in [2.05, 4.69) is 33.8 Å². The molecule has 1 aromatic carbocycles. The van der Waals surface area contributed by atoms with Crippen molar-refractivity contribution in [3.63, 3.8) is 0 Å². The number of imidazole rings is 1. The van der Waals surface area contributed by atoms with Crippen molar-refractivity contribution in [3.05, 3.63) is 52.4 Å². The molecule has 2 aromatic heterocycles. The molecule has 0 unspecified atom stereocenters. The summed E-state index contributed by atoms with van der Waals surface area (Å²) >= 11 is 2.29. The Bertz CT molecular complexity index is 738. The van der Waals surface area contributed by atoms with E-state index in [1.165, 1.54) is 3.57 Å². The number of aromatic nitrogens is 2. The standard InChI is InChI=1S/C16H15IN2O2/c17-13-4-7-16-18-15(11-19(16)10-13)12-2-5-14(6-3-12)21-9-1-8-20/h2-7,10-11,20H,1,8-9H2/i17-4. The molecular formula is C16H15IN2O2. The second-order valence-corrected chi connectivity index (χ2v) is 5.93. The fourth-order valence-electron chi connectivity index (χ4n) is 2.08. The van der Waals surface area contributed by atoms with Crippen molar-refractivity contribution >= 4 is 28.2 Å². The van der Waals surface area contributed by atoms with Crippen LogP contribution in [0.2, 0.25) is 0 Å². The first kappa shape index (κ1) is 14.3. The molecule has 0 radical (unpaired) electrons. The normalized spacial score (nSPS) is 11.0. The highest BCUT2D eigenvalue weighted by molar-refractivity contribution is 14.1. The summed E-state index contributed by atoms with van der Waals surface area (Å²) in [6, 6.07) is 11.9. The third kappa shape index (κ3) is 3.36. The smallest absolute Gasteiger partial charge is 0.137 e. The van der Waals surface area contributed by atoms with Crippen molar-refractivity contribution in [3.8, 4) is 17.0 Å². The molecule has 1 N–H and O–H groups in total. The van der Waals surface area contributed by atoms with Crippen LogP contribution in [0, 0.1) is 3.57 Å². The molecule has 21 heavy (non-hydrogen) atoms. The molecular weight excluding hydrogens is 375 g/mol. The highest BCUT2D eigenvalue weighted by Gasteiger charge is 2.05. The lowest BCUT2D eigenvalue weighted by molar-refractivity contribution is 0.233. The molecule has 2 heterocycles. The predicted octanol–water partition coefficient (Wildman–Crippen LogP) is 3.37. The van der Waals surface area contributed by atoms with E-state index < -0.39 is 0 Å². The zero-order chi connectivity index (χ0) is 14.7. The minimum atomic E-state index is 0.151. The third-order valence-electron chi connectivity index (χ3n) is 3.14. The van der Waals surface area contributed by atoms with Gasteiger partial charge in [0.2, 0.25) is 0 Å². The zero-order valence-corrected chi connectivity index (χ0v) is 13.5. The second kappa shape index (κ2) is 6.44. The summed E-state index contributed by atoms with van der Waals surface area (Å²) in [7, 11) is 0. The van der Waals surface area contributed by atoms with Gasteiger partial charge in [-0.3, -0.25) is 0 Å². The molecule has 0 fully saturated rings. The van der Waals surface area contributed by atoms with Gasteiger partial charge >= 0.3 is 0 Å². The zero-order valence-electron chi connectivity index (χ0n) is 11.4. The SMILES string of the molecule is OCCCOc1ccc(-c2cn3cc([123I])ccc3n2)cc1. The number of fused-ring (bicyclic) bond motifs is 1. The van der Waals surface area contributed by atoms with Gasteiger partial charge in [-0.2, -0.15) is 0 Å². The van der Waals surface area contributed by atoms with E-state index in [9.17, 15) is 0 Å². The Morgan fingerprint density at radius 2 is 1.90 bits per heavy atom. The number of ether oxygens (including phenoxy) is 1. The molecule has 0 spiro atoms. The number of nitrogens with zero attached hydrogens (tertiary/aromatic N) is 2. The van der Waals surface area contributed by atoms with Crippen LogP contribution in [0.15, 0.2) is 48.8 Å². The Morgan fingerprint density at radius 1 is 1.10 bits per heavy atom. The van der Waals surface area contributed by atoms with Crippen molar-refractivity contribution < 1.29 is 9.84 Å². The van der Waals surface area contributed by atoms with Gasteiger partial charge in [0.15, 0.2) is 0 Å². The first-order valence-corrected chi connectivity index (χ1v) is 7.82. The van der Waals surface area contributed by atoms with Crippen molar-refractivity contribution in [1.29, 1.82) is 0 Å². The Balaban J connectivity index is 1.81. The highest BCUT2D eigenvalue weighted by atomic mass is 123. The van der Waals surface area contributed by atoms with E-state index in [-0.39, 0.29) is 6.61 Å². The Morgan fingerprint density at radius 3 is 2.67 bits per heavy atom. The van der Waals surface area contributed by atoms with Crippen LogP contribution in [0.1, 0.15) is 6.42 Å². The van der Waals surface area contributed by atoms with Crippen LogP contribution in [0.3, 0.4) is 0 Å². The van der Waals surface area contributed by atoms with Gasteiger partial charge in [-0.05, 0) is 59.0 Å². The van der Waals surface area contributed by atoms with Crippen LogP contribution < -0.4 is 4.74 Å².